The fourth-order valence-electron chi connectivity index (χ4n) is 2.43. The highest BCUT2D eigenvalue weighted by Crippen LogP contribution is 2.32. The summed E-state index contributed by atoms with van der Waals surface area (Å²) in [4.78, 5) is 11.7. The normalized spacial score (nSPS) is 30.0. The molecule has 2 rings (SSSR count). The molecule has 1 aromatic rings. The van der Waals surface area contributed by atoms with Crippen LogP contribution in [0.4, 0.5) is 0 Å². The average Bonchev–Trinajstić information content (AvgIpc) is 2.61. The zero-order valence-electron chi connectivity index (χ0n) is 13.5. The maximum Gasteiger partial charge on any atom is 0.229 e. The Morgan fingerprint density at radius 2 is 1.88 bits per heavy atom. The Morgan fingerprint density at radius 1 is 1.17 bits per heavy atom. The number of carbonyl (C=O) groups is 1. The summed E-state index contributed by atoms with van der Waals surface area (Å²) in [5, 5.41) is 38.7. The van der Waals surface area contributed by atoms with Crippen LogP contribution in [0.15, 0.2) is 18.2 Å². The molecule has 1 heterocycles. The Bertz CT molecular complexity index is 573. The molecule has 0 bridgehead atoms. The molecule has 0 unspecified atom stereocenters. The van der Waals surface area contributed by atoms with E-state index < -0.39 is 37.3 Å². The number of rotatable bonds is 6. The van der Waals surface area contributed by atoms with Crippen LogP contribution in [-0.2, 0) is 4.74 Å². The van der Waals surface area contributed by atoms with E-state index in [9.17, 15) is 25.2 Å². The van der Waals surface area contributed by atoms with Crippen molar-refractivity contribution in [1.82, 2.24) is 0 Å². The summed E-state index contributed by atoms with van der Waals surface area (Å²) in [5.41, 5.74) is 0.454. The van der Waals surface area contributed by atoms with E-state index in [1.165, 1.54) is 19.2 Å². The van der Waals surface area contributed by atoms with Gasteiger partial charge in [0.15, 0.2) is 17.3 Å². The van der Waals surface area contributed by atoms with Gasteiger partial charge in [-0.3, -0.25) is 4.79 Å². The molecule has 1 aliphatic heterocycles. The first-order valence-corrected chi connectivity index (χ1v) is 7.61. The number of methoxy groups -OCH3 is 1. The molecule has 1 fully saturated rings. The summed E-state index contributed by atoms with van der Waals surface area (Å²) in [6.45, 7) is 1.19. The Labute approximate surface area is 139 Å². The lowest BCUT2D eigenvalue weighted by atomic mass is 9.99. The molecule has 134 valence electrons. The van der Waals surface area contributed by atoms with Crippen LogP contribution in [0.2, 0.25) is 0 Å². The predicted molar refractivity (Wildman–Crippen MR) is 82.0 cm³/mol. The number of hydrogen-bond donors (Lipinski definition) is 4. The van der Waals surface area contributed by atoms with Gasteiger partial charge in [0, 0.05) is 12.0 Å². The number of Topliss-reactive ketones (excluding diaryl/α,β-unsaturated/α-hetero) is 1. The summed E-state index contributed by atoms with van der Waals surface area (Å²) in [5.74, 6) is 0.383. The maximum atomic E-state index is 11.7. The molecule has 1 aliphatic rings. The van der Waals surface area contributed by atoms with Gasteiger partial charge >= 0.3 is 0 Å². The average molecular weight is 342 g/mol. The lowest BCUT2D eigenvalue weighted by Gasteiger charge is -2.39. The molecule has 8 nitrogen and oxygen atoms in total. The van der Waals surface area contributed by atoms with Crippen molar-refractivity contribution in [3.8, 4) is 11.5 Å². The highest BCUT2D eigenvalue weighted by atomic mass is 16.7. The van der Waals surface area contributed by atoms with Crippen molar-refractivity contribution < 1.29 is 39.4 Å². The Balaban J connectivity index is 2.21. The third kappa shape index (κ3) is 3.68. The quantitative estimate of drug-likeness (QED) is 0.508. The molecule has 1 aromatic carbocycles. The number of ether oxygens (including phenoxy) is 3. The van der Waals surface area contributed by atoms with Gasteiger partial charge in [0.2, 0.25) is 6.29 Å². The number of aliphatic hydroxyl groups excluding tert-OH is 4. The van der Waals surface area contributed by atoms with Crippen LogP contribution in [-0.4, -0.2) is 70.6 Å². The molecule has 0 saturated carbocycles. The lowest BCUT2D eigenvalue weighted by Crippen LogP contribution is -2.60. The Kier molecular flexibility index (Phi) is 6.14. The van der Waals surface area contributed by atoms with Gasteiger partial charge in [-0.2, -0.15) is 0 Å². The lowest BCUT2D eigenvalue weighted by molar-refractivity contribution is -0.277. The predicted octanol–water partition coefficient (Wildman–Crippen LogP) is -0.533. The molecule has 0 radical (unpaired) electrons. The minimum absolute atomic E-state index is 0.0623. The van der Waals surface area contributed by atoms with Crippen LogP contribution < -0.4 is 9.47 Å². The van der Waals surface area contributed by atoms with Crippen LogP contribution in [0.25, 0.3) is 0 Å². The van der Waals surface area contributed by atoms with Gasteiger partial charge < -0.3 is 34.6 Å². The summed E-state index contributed by atoms with van der Waals surface area (Å²) in [6, 6.07) is 4.54. The topological polar surface area (TPSA) is 126 Å². The van der Waals surface area contributed by atoms with Crippen molar-refractivity contribution in [2.45, 2.75) is 44.1 Å². The monoisotopic (exact) mass is 342 g/mol. The van der Waals surface area contributed by atoms with Gasteiger partial charge in [-0.15, -0.1) is 0 Å². The Hall–Kier alpha value is -1.71. The van der Waals surface area contributed by atoms with E-state index in [2.05, 4.69) is 0 Å². The molecule has 5 atom stereocenters. The first-order valence-electron chi connectivity index (χ1n) is 7.61. The number of aliphatic hydroxyl groups is 4. The fraction of sp³-hybridized carbons (Fsp3) is 0.562. The highest BCUT2D eigenvalue weighted by Gasteiger charge is 2.44. The third-order valence-corrected chi connectivity index (χ3v) is 3.90. The van der Waals surface area contributed by atoms with Gasteiger partial charge in [0.1, 0.15) is 24.4 Å². The number of ketones is 1. The van der Waals surface area contributed by atoms with E-state index in [-0.39, 0.29) is 17.3 Å². The molecule has 0 aromatic heterocycles. The number of benzene rings is 1. The van der Waals surface area contributed by atoms with Crippen molar-refractivity contribution in [2.24, 2.45) is 0 Å². The molecule has 1 saturated heterocycles. The van der Waals surface area contributed by atoms with Gasteiger partial charge in [-0.1, -0.05) is 6.92 Å². The van der Waals surface area contributed by atoms with Crippen molar-refractivity contribution in [3.63, 3.8) is 0 Å². The van der Waals surface area contributed by atoms with Crippen molar-refractivity contribution in [2.75, 3.05) is 13.7 Å². The van der Waals surface area contributed by atoms with Crippen molar-refractivity contribution in [1.29, 1.82) is 0 Å². The molecule has 24 heavy (non-hydrogen) atoms. The summed E-state index contributed by atoms with van der Waals surface area (Å²) < 4.78 is 16.0. The van der Waals surface area contributed by atoms with E-state index in [0.717, 1.165) is 0 Å². The van der Waals surface area contributed by atoms with E-state index in [1.54, 1.807) is 13.0 Å². The van der Waals surface area contributed by atoms with E-state index in [0.29, 0.717) is 12.0 Å². The van der Waals surface area contributed by atoms with Gasteiger partial charge in [0.05, 0.1) is 13.7 Å². The minimum Gasteiger partial charge on any atom is -0.493 e. The molecular formula is C16H22O8. The Morgan fingerprint density at radius 3 is 2.46 bits per heavy atom. The van der Waals surface area contributed by atoms with Crippen LogP contribution >= 0.6 is 0 Å². The SMILES string of the molecule is CCC(=O)c1ccc(O[C@H]2O[C@@H](CO)[C@@H](O)[C@@H](O)[C@H]2O)c(OC)c1. The second kappa shape index (κ2) is 7.91. The molecule has 8 heteroatoms. The van der Waals surface area contributed by atoms with E-state index in [4.69, 9.17) is 14.2 Å². The van der Waals surface area contributed by atoms with E-state index in [1.807, 2.05) is 0 Å². The van der Waals surface area contributed by atoms with E-state index >= 15 is 0 Å². The fourth-order valence-corrected chi connectivity index (χ4v) is 2.43. The summed E-state index contributed by atoms with van der Waals surface area (Å²) in [7, 11) is 1.40. The molecule has 0 amide bonds. The second-order valence-corrected chi connectivity index (χ2v) is 5.46. The first-order chi connectivity index (χ1) is 11.4. The largest absolute Gasteiger partial charge is 0.493 e. The van der Waals surface area contributed by atoms with Gasteiger partial charge in [0.25, 0.3) is 0 Å². The van der Waals surface area contributed by atoms with Crippen LogP contribution in [0.5, 0.6) is 11.5 Å². The minimum atomic E-state index is -1.53. The zero-order valence-corrected chi connectivity index (χ0v) is 13.5. The summed E-state index contributed by atoms with van der Waals surface area (Å²) >= 11 is 0. The molecule has 0 aliphatic carbocycles. The van der Waals surface area contributed by atoms with Crippen LogP contribution in [0.3, 0.4) is 0 Å². The molecule has 4 N–H and O–H groups in total. The number of carbonyl (C=O) groups excluding carboxylic acids is 1. The van der Waals surface area contributed by atoms with Gasteiger partial charge in [-0.05, 0) is 18.2 Å². The van der Waals surface area contributed by atoms with Crippen LogP contribution in [0, 0.1) is 0 Å². The molecular weight excluding hydrogens is 320 g/mol. The van der Waals surface area contributed by atoms with Gasteiger partial charge in [-0.25, -0.2) is 0 Å². The second-order valence-electron chi connectivity index (χ2n) is 5.46. The van der Waals surface area contributed by atoms with Crippen molar-refractivity contribution >= 4 is 5.78 Å². The first kappa shape index (κ1) is 18.6. The highest BCUT2D eigenvalue weighted by molar-refractivity contribution is 5.96. The molecule has 0 spiro atoms. The van der Waals surface area contributed by atoms with Crippen molar-refractivity contribution in [3.05, 3.63) is 23.8 Å². The summed E-state index contributed by atoms with van der Waals surface area (Å²) in [6.07, 6.45) is -6.56. The number of hydrogen-bond acceptors (Lipinski definition) is 8. The standard InChI is InChI=1S/C16H22O8/c1-3-9(18)8-4-5-10(11(6-8)22-2)23-16-15(21)14(20)13(19)12(7-17)24-16/h4-6,12-17,19-21H,3,7H2,1-2H3/t12-,13+,14+,15+,16-/m0/s1. The third-order valence-electron chi connectivity index (χ3n) is 3.90. The van der Waals surface area contributed by atoms with Crippen LogP contribution in [0.1, 0.15) is 23.7 Å². The zero-order chi connectivity index (χ0) is 17.9. The smallest absolute Gasteiger partial charge is 0.229 e. The maximum absolute atomic E-state index is 11.7.